The predicted molar refractivity (Wildman–Crippen MR) is 78.7 cm³/mol. The van der Waals surface area contributed by atoms with Gasteiger partial charge in [-0.2, -0.15) is 0 Å². The predicted octanol–water partition coefficient (Wildman–Crippen LogP) is 2.23. The van der Waals surface area contributed by atoms with Crippen molar-refractivity contribution in [1.29, 1.82) is 0 Å². The van der Waals surface area contributed by atoms with Crippen molar-refractivity contribution in [3.8, 4) is 17.2 Å². The Morgan fingerprint density at radius 1 is 1.09 bits per heavy atom. The number of halogens is 1. The lowest BCUT2D eigenvalue weighted by molar-refractivity contribution is -0.119. The number of anilines is 1. The van der Waals surface area contributed by atoms with E-state index < -0.39 is 11.2 Å². The first kappa shape index (κ1) is 12.8. The molecule has 116 valence electrons. The van der Waals surface area contributed by atoms with Crippen molar-refractivity contribution in [3.63, 3.8) is 0 Å². The first-order chi connectivity index (χ1) is 11.2. The molecule has 0 aromatic heterocycles. The maximum Gasteiger partial charge on any atom is 0.243 e. The van der Waals surface area contributed by atoms with Crippen LogP contribution < -0.4 is 19.5 Å². The first-order valence-electron chi connectivity index (χ1n) is 7.38. The molecule has 3 heterocycles. The first-order valence-corrected chi connectivity index (χ1v) is 7.38. The van der Waals surface area contributed by atoms with Crippen LogP contribution in [0.1, 0.15) is 11.1 Å². The van der Waals surface area contributed by atoms with Crippen LogP contribution in [-0.4, -0.2) is 25.7 Å². The number of carbonyl (C=O) groups excluding carboxylic acids is 1. The number of hydrogen-bond acceptors (Lipinski definition) is 4. The lowest BCUT2D eigenvalue weighted by atomic mass is 9.76. The van der Waals surface area contributed by atoms with Crippen molar-refractivity contribution < 1.29 is 23.4 Å². The molecule has 3 aliphatic rings. The Balaban J connectivity index is 1.81. The summed E-state index contributed by atoms with van der Waals surface area (Å²) < 4.78 is 31.7. The van der Waals surface area contributed by atoms with E-state index >= 15 is 4.39 Å². The van der Waals surface area contributed by atoms with Gasteiger partial charge in [-0.05, 0) is 11.6 Å². The maximum atomic E-state index is 15.2. The van der Waals surface area contributed by atoms with Crippen molar-refractivity contribution in [2.75, 3.05) is 25.1 Å². The molecule has 0 radical (unpaired) electrons. The summed E-state index contributed by atoms with van der Waals surface area (Å²) in [5.74, 6) is -0.165. The largest absolute Gasteiger partial charge is 0.491 e. The number of amides is 1. The third-order valence-corrected chi connectivity index (χ3v) is 4.63. The molecular formula is C17H12FNO4. The Kier molecular flexibility index (Phi) is 2.30. The molecule has 23 heavy (non-hydrogen) atoms. The van der Waals surface area contributed by atoms with Gasteiger partial charge in [-0.3, -0.25) is 4.79 Å². The van der Waals surface area contributed by atoms with Crippen LogP contribution in [0.15, 0.2) is 30.3 Å². The fraction of sp³-hybridized carbons (Fsp3) is 0.235. The van der Waals surface area contributed by atoms with E-state index in [0.717, 1.165) is 5.56 Å². The van der Waals surface area contributed by atoms with Gasteiger partial charge in [-0.15, -0.1) is 0 Å². The zero-order valence-electron chi connectivity index (χ0n) is 12.0. The van der Waals surface area contributed by atoms with Crippen LogP contribution in [0.4, 0.5) is 10.1 Å². The lowest BCUT2D eigenvalue weighted by Crippen LogP contribution is -2.38. The topological polar surface area (TPSA) is 56.8 Å². The zero-order valence-corrected chi connectivity index (χ0v) is 12.0. The summed E-state index contributed by atoms with van der Waals surface area (Å²) >= 11 is 0. The molecule has 2 aromatic rings. The van der Waals surface area contributed by atoms with Gasteiger partial charge in [0.25, 0.3) is 0 Å². The fourth-order valence-corrected chi connectivity index (χ4v) is 3.60. The van der Waals surface area contributed by atoms with E-state index in [1.54, 1.807) is 12.1 Å². The van der Waals surface area contributed by atoms with Crippen molar-refractivity contribution in [2.45, 2.75) is 5.41 Å². The van der Waals surface area contributed by atoms with E-state index in [4.69, 9.17) is 14.2 Å². The van der Waals surface area contributed by atoms with Crippen LogP contribution in [0.3, 0.4) is 0 Å². The molecule has 0 aliphatic carbocycles. The van der Waals surface area contributed by atoms with Gasteiger partial charge in [-0.25, -0.2) is 4.39 Å². The van der Waals surface area contributed by atoms with Crippen LogP contribution in [0.25, 0.3) is 0 Å². The molecule has 5 nitrogen and oxygen atoms in total. The molecule has 0 bridgehead atoms. The summed E-state index contributed by atoms with van der Waals surface area (Å²) in [5.41, 5.74) is 0.457. The zero-order chi connectivity index (χ0) is 15.6. The Hall–Kier alpha value is -2.76. The van der Waals surface area contributed by atoms with Crippen LogP contribution in [0.2, 0.25) is 0 Å². The number of carbonyl (C=O) groups is 1. The summed E-state index contributed by atoms with van der Waals surface area (Å²) in [7, 11) is 0. The Morgan fingerprint density at radius 2 is 1.91 bits per heavy atom. The smallest absolute Gasteiger partial charge is 0.243 e. The highest BCUT2D eigenvalue weighted by Gasteiger charge is 2.56. The Morgan fingerprint density at radius 3 is 2.83 bits per heavy atom. The quantitative estimate of drug-likeness (QED) is 0.810. The second-order valence-corrected chi connectivity index (χ2v) is 5.78. The summed E-state index contributed by atoms with van der Waals surface area (Å²) in [4.78, 5) is 12.7. The molecular weight excluding hydrogens is 301 g/mol. The maximum absolute atomic E-state index is 15.2. The average molecular weight is 313 g/mol. The highest BCUT2D eigenvalue weighted by Crippen LogP contribution is 2.54. The van der Waals surface area contributed by atoms with Gasteiger partial charge in [0.1, 0.15) is 31.0 Å². The van der Waals surface area contributed by atoms with E-state index in [2.05, 4.69) is 5.32 Å². The standard InChI is InChI=1S/C17H12FNO4/c18-14-13-11(7-12-15(14)22-6-5-21-12)23-8-17(13)9-3-1-2-4-10(9)19-16(17)20/h1-4,7H,5-6,8H2,(H,19,20). The number of benzene rings is 2. The molecule has 1 spiro atoms. The van der Waals surface area contributed by atoms with Gasteiger partial charge >= 0.3 is 0 Å². The monoisotopic (exact) mass is 313 g/mol. The van der Waals surface area contributed by atoms with Crippen LogP contribution in [0, 0.1) is 5.82 Å². The minimum absolute atomic E-state index is 0.0528. The molecule has 0 saturated carbocycles. The summed E-state index contributed by atoms with van der Waals surface area (Å²) in [5, 5.41) is 2.82. The SMILES string of the molecule is O=C1Nc2ccccc2C12COc1cc3c(c(F)c12)OCCO3. The van der Waals surface area contributed by atoms with Crippen molar-refractivity contribution in [2.24, 2.45) is 0 Å². The highest BCUT2D eigenvalue weighted by molar-refractivity contribution is 6.10. The van der Waals surface area contributed by atoms with Gasteiger partial charge in [0.05, 0.1) is 5.56 Å². The molecule has 1 atom stereocenters. The van der Waals surface area contributed by atoms with E-state index in [9.17, 15) is 4.79 Å². The summed E-state index contributed by atoms with van der Waals surface area (Å²) in [6.45, 7) is 0.698. The molecule has 6 heteroatoms. The van der Waals surface area contributed by atoms with E-state index in [0.29, 0.717) is 23.8 Å². The van der Waals surface area contributed by atoms with Gasteiger partial charge in [0.15, 0.2) is 17.3 Å². The average Bonchev–Trinajstić information content (AvgIpc) is 3.09. The third kappa shape index (κ3) is 1.43. The molecule has 1 unspecified atom stereocenters. The second kappa shape index (κ2) is 4.16. The molecule has 2 aromatic carbocycles. The van der Waals surface area contributed by atoms with Gasteiger partial charge < -0.3 is 19.5 Å². The van der Waals surface area contributed by atoms with Crippen LogP contribution in [-0.2, 0) is 10.2 Å². The molecule has 3 aliphatic heterocycles. The minimum atomic E-state index is -1.17. The lowest BCUT2D eigenvalue weighted by Gasteiger charge is -2.24. The second-order valence-electron chi connectivity index (χ2n) is 5.78. The fourth-order valence-electron chi connectivity index (χ4n) is 3.60. The van der Waals surface area contributed by atoms with E-state index in [1.165, 1.54) is 0 Å². The minimum Gasteiger partial charge on any atom is -0.491 e. The molecule has 1 N–H and O–H groups in total. The number of rotatable bonds is 0. The summed E-state index contributed by atoms with van der Waals surface area (Å²) in [6, 6.07) is 8.89. The number of ether oxygens (including phenoxy) is 3. The molecule has 1 amide bonds. The van der Waals surface area contributed by atoms with Crippen LogP contribution >= 0.6 is 0 Å². The number of para-hydroxylation sites is 1. The number of fused-ring (bicyclic) bond motifs is 5. The number of hydrogen-bond donors (Lipinski definition) is 1. The number of nitrogens with one attached hydrogen (secondary N) is 1. The molecule has 5 rings (SSSR count). The van der Waals surface area contributed by atoms with Crippen molar-refractivity contribution in [3.05, 3.63) is 47.3 Å². The van der Waals surface area contributed by atoms with Crippen LogP contribution in [0.5, 0.6) is 17.2 Å². The highest BCUT2D eigenvalue weighted by atomic mass is 19.1. The van der Waals surface area contributed by atoms with E-state index in [1.807, 2.05) is 18.2 Å². The molecule has 0 saturated heterocycles. The Bertz CT molecular complexity index is 866. The van der Waals surface area contributed by atoms with Crippen molar-refractivity contribution >= 4 is 11.6 Å². The van der Waals surface area contributed by atoms with E-state index in [-0.39, 0.29) is 30.4 Å². The van der Waals surface area contributed by atoms with Crippen molar-refractivity contribution in [1.82, 2.24) is 0 Å². The summed E-state index contributed by atoms with van der Waals surface area (Å²) in [6.07, 6.45) is 0. The van der Waals surface area contributed by atoms with Gasteiger partial charge in [0.2, 0.25) is 5.91 Å². The normalized spacial score (nSPS) is 23.3. The third-order valence-electron chi connectivity index (χ3n) is 4.63. The Labute approximate surface area is 131 Å². The molecule has 0 fully saturated rings. The van der Waals surface area contributed by atoms with Gasteiger partial charge in [0, 0.05) is 11.8 Å². The van der Waals surface area contributed by atoms with Gasteiger partial charge in [-0.1, -0.05) is 18.2 Å².